The molecule has 6 aliphatic rings. The van der Waals surface area contributed by atoms with E-state index in [1.165, 1.54) is 130 Å². The van der Waals surface area contributed by atoms with E-state index >= 15 is 0 Å². The van der Waals surface area contributed by atoms with Crippen molar-refractivity contribution in [3.05, 3.63) is 128 Å². The molecule has 2 aromatic heterocycles. The Hall–Kier alpha value is -4.22. The molecule has 10 rings (SSSR count). The molecule has 2 aromatic carbocycles. The van der Waals surface area contributed by atoms with Gasteiger partial charge in [0.2, 0.25) is 0 Å². The normalized spacial score (nSPS) is 21.8. The zero-order valence-corrected chi connectivity index (χ0v) is 47.3. The molecule has 4 unspecified atom stereocenters. The average molecular weight is 1150 g/mol. The fourth-order valence-electron chi connectivity index (χ4n) is 11.7. The predicted molar refractivity (Wildman–Crippen MR) is 304 cm³/mol. The summed E-state index contributed by atoms with van der Waals surface area (Å²) < 4.78 is 61.5. The number of esters is 2. The molecular formula is C63H87BrF2N4O8. The molecule has 0 spiro atoms. The van der Waals surface area contributed by atoms with E-state index in [2.05, 4.69) is 50.4 Å². The summed E-state index contributed by atoms with van der Waals surface area (Å²) in [5.41, 5.74) is 11.0. The van der Waals surface area contributed by atoms with E-state index in [1.807, 2.05) is 0 Å². The summed E-state index contributed by atoms with van der Waals surface area (Å²) in [6.45, 7) is 6.44. The molecular weight excluding hydrogens is 1060 g/mol. The number of nitrogens with zero attached hydrogens (tertiary/aromatic N) is 3. The zero-order chi connectivity index (χ0) is 53.8. The topological polar surface area (TPSA) is 131 Å². The first kappa shape index (κ1) is 61.4. The van der Waals surface area contributed by atoms with Gasteiger partial charge in [-0.25, -0.2) is 13.6 Å². The van der Waals surface area contributed by atoms with Gasteiger partial charge in [0.05, 0.1) is 38.6 Å². The first-order chi connectivity index (χ1) is 37.7. The van der Waals surface area contributed by atoms with Crippen molar-refractivity contribution in [3.63, 3.8) is 0 Å². The van der Waals surface area contributed by atoms with Gasteiger partial charge >= 0.3 is 11.9 Å². The maximum absolute atomic E-state index is 14.4. The number of ether oxygens (including phenoxy) is 6. The van der Waals surface area contributed by atoms with Crippen molar-refractivity contribution in [3.8, 4) is 0 Å². The summed E-state index contributed by atoms with van der Waals surface area (Å²) >= 11 is 3.27. The van der Waals surface area contributed by atoms with Crippen LogP contribution in [-0.2, 0) is 76.5 Å². The summed E-state index contributed by atoms with van der Waals surface area (Å²) in [5.74, 6) is -1.54. The van der Waals surface area contributed by atoms with Crippen molar-refractivity contribution in [2.75, 3.05) is 66.8 Å². The second-order valence-electron chi connectivity index (χ2n) is 21.5. The number of carbonyl (C=O) groups is 2. The van der Waals surface area contributed by atoms with Gasteiger partial charge in [-0.15, -0.1) is 0 Å². The van der Waals surface area contributed by atoms with Crippen LogP contribution in [0.5, 0.6) is 0 Å². The van der Waals surface area contributed by atoms with E-state index < -0.39 is 16.8 Å². The van der Waals surface area contributed by atoms with Crippen LogP contribution in [0.3, 0.4) is 0 Å². The second-order valence-corrected chi connectivity index (χ2v) is 22.4. The van der Waals surface area contributed by atoms with Gasteiger partial charge in [0.25, 0.3) is 0 Å². The average Bonchev–Trinajstić information content (AvgIpc) is 4.19. The van der Waals surface area contributed by atoms with Crippen molar-refractivity contribution >= 4 is 27.9 Å². The molecule has 2 aliphatic carbocycles. The number of benzene rings is 2. The molecule has 0 radical (unpaired) electrons. The Morgan fingerprint density at radius 1 is 0.654 bits per heavy atom. The fourth-order valence-corrected chi connectivity index (χ4v) is 12.2. The number of likely N-dealkylation sites (tertiary alicyclic amines) is 1. The number of fused-ring (bicyclic) bond motifs is 2. The third-order valence-corrected chi connectivity index (χ3v) is 16.8. The molecule has 1 N–H and O–H groups in total. The van der Waals surface area contributed by atoms with Crippen LogP contribution in [-0.4, -0.2) is 106 Å². The Labute approximate surface area is 471 Å². The minimum atomic E-state index is -0.672. The molecule has 0 amide bonds. The first-order valence-corrected chi connectivity index (χ1v) is 29.8. The molecule has 6 heterocycles. The number of halogens is 3. The van der Waals surface area contributed by atoms with E-state index in [-0.39, 0.29) is 43.3 Å². The van der Waals surface area contributed by atoms with Gasteiger partial charge in [0.1, 0.15) is 22.5 Å². The maximum atomic E-state index is 14.4. The van der Waals surface area contributed by atoms with Crippen molar-refractivity contribution in [1.29, 1.82) is 0 Å². The van der Waals surface area contributed by atoms with Crippen molar-refractivity contribution in [2.24, 2.45) is 0 Å². The second kappa shape index (κ2) is 32.3. The SMILES string of the molecule is C.COC(=O)C(Br)c1cc(F)ccc1C1CCCCO1.COC(=O)C(c1cc(F)ccc1C1CCCCO1)N1CC[C@@H](OCCCCc2ccc3c(n2)CCCC3)C1.c1cc2c(nc1CCCCO[C@@H]1CCNC1)CCCC2. The molecule has 0 bridgehead atoms. The van der Waals surface area contributed by atoms with Crippen LogP contribution in [0.4, 0.5) is 8.78 Å². The molecule has 4 aromatic rings. The molecule has 4 fully saturated rings. The molecule has 78 heavy (non-hydrogen) atoms. The lowest BCUT2D eigenvalue weighted by molar-refractivity contribution is -0.147. The Morgan fingerprint density at radius 2 is 1.19 bits per heavy atom. The minimum Gasteiger partial charge on any atom is -0.468 e. The van der Waals surface area contributed by atoms with Crippen LogP contribution >= 0.6 is 15.9 Å². The molecule has 15 heteroatoms. The first-order valence-electron chi connectivity index (χ1n) is 28.9. The van der Waals surface area contributed by atoms with Gasteiger partial charge in [0, 0.05) is 68.8 Å². The highest BCUT2D eigenvalue weighted by molar-refractivity contribution is 9.09. The number of pyridine rings is 2. The standard InChI is InChI=1S/C31H41FN2O4.C17H26N2O.C14H16BrFO3.CH4/c1-36-31(35)30(27-20-23(32)13-15-26(27)29-11-5-7-19-38-29)34-17-16-25(21-34)37-18-6-4-9-24-14-12-22-8-2-3-10-28(22)33-24;1-2-7-17-14(5-1)8-9-15(19-17)6-3-4-12-20-16-10-11-18-13-16;1-18-14(17)13(15)11-8-9(16)5-6-10(11)12-4-2-3-7-19-12;/h12-15,20,25,29-30H,2-11,16-19,21H2,1H3;8-9,16,18H,1-7,10-13H2;5-6,8,12-13H,2-4,7H2,1H3;1H4/t25-,29?,30?;16-;;/m11../s1. The van der Waals surface area contributed by atoms with Gasteiger partial charge in [-0.05, 0) is 218 Å². The monoisotopic (exact) mass is 1140 g/mol. The quantitative estimate of drug-likeness (QED) is 0.0545. The van der Waals surface area contributed by atoms with Gasteiger partial charge < -0.3 is 33.7 Å². The lowest BCUT2D eigenvalue weighted by Crippen LogP contribution is -2.35. The van der Waals surface area contributed by atoms with Crippen molar-refractivity contribution in [2.45, 2.75) is 184 Å². The van der Waals surface area contributed by atoms with Crippen LogP contribution < -0.4 is 5.32 Å². The number of hydrogen-bond donors (Lipinski definition) is 1. The summed E-state index contributed by atoms with van der Waals surface area (Å²) in [6, 6.07) is 17.5. The Kier molecular flexibility index (Phi) is 25.4. The number of nitrogens with one attached hydrogen (secondary N) is 1. The lowest BCUT2D eigenvalue weighted by atomic mass is 9.92. The van der Waals surface area contributed by atoms with E-state index in [1.54, 1.807) is 12.1 Å². The van der Waals surface area contributed by atoms with Crippen LogP contribution in [0, 0.1) is 11.6 Å². The van der Waals surface area contributed by atoms with Crippen molar-refractivity contribution in [1.82, 2.24) is 20.2 Å². The molecule has 0 saturated carbocycles. The highest BCUT2D eigenvalue weighted by Crippen LogP contribution is 2.39. The molecule has 6 atom stereocenters. The van der Waals surface area contributed by atoms with Gasteiger partial charge in [-0.1, -0.05) is 47.6 Å². The number of carbonyl (C=O) groups excluding carboxylic acids is 2. The number of aromatic nitrogens is 2. The maximum Gasteiger partial charge on any atom is 0.327 e. The smallest absolute Gasteiger partial charge is 0.327 e. The summed E-state index contributed by atoms with van der Waals surface area (Å²) in [4.78, 5) is 35.8. The van der Waals surface area contributed by atoms with Crippen LogP contribution in [0.2, 0.25) is 0 Å². The van der Waals surface area contributed by atoms with E-state index in [0.29, 0.717) is 50.1 Å². The number of aryl methyl sites for hydroxylation is 6. The Balaban J connectivity index is 0.000000186. The van der Waals surface area contributed by atoms with Gasteiger partial charge in [-0.3, -0.25) is 19.7 Å². The van der Waals surface area contributed by atoms with E-state index in [0.717, 1.165) is 114 Å². The molecule has 4 saturated heterocycles. The van der Waals surface area contributed by atoms with Crippen LogP contribution in [0.25, 0.3) is 0 Å². The van der Waals surface area contributed by atoms with Crippen LogP contribution in [0.15, 0.2) is 60.7 Å². The van der Waals surface area contributed by atoms with Crippen LogP contribution in [0.1, 0.15) is 189 Å². The molecule has 4 aliphatic heterocycles. The number of hydrogen-bond acceptors (Lipinski definition) is 12. The van der Waals surface area contributed by atoms with Crippen molar-refractivity contribution < 1.29 is 46.8 Å². The Bertz CT molecular complexity index is 2480. The highest BCUT2D eigenvalue weighted by atomic mass is 79.9. The van der Waals surface area contributed by atoms with Gasteiger partial charge in [0.15, 0.2) is 0 Å². The predicted octanol–water partition coefficient (Wildman–Crippen LogP) is 12.6. The van der Waals surface area contributed by atoms with E-state index in [9.17, 15) is 18.4 Å². The van der Waals surface area contributed by atoms with Gasteiger partial charge in [-0.2, -0.15) is 0 Å². The summed E-state index contributed by atoms with van der Waals surface area (Å²) in [6.07, 6.45) is 24.6. The number of unbranched alkanes of at least 4 members (excludes halogenated alkanes) is 2. The fraction of sp³-hybridized carbons (Fsp3) is 0.619. The van der Waals surface area contributed by atoms with E-state index in [4.69, 9.17) is 38.4 Å². The Morgan fingerprint density at radius 3 is 1.72 bits per heavy atom. The molecule has 12 nitrogen and oxygen atoms in total. The third-order valence-electron chi connectivity index (χ3n) is 15.9. The summed E-state index contributed by atoms with van der Waals surface area (Å²) in [7, 11) is 2.71. The zero-order valence-electron chi connectivity index (χ0n) is 45.7. The lowest BCUT2D eigenvalue weighted by Gasteiger charge is -2.31. The number of methoxy groups -OCH3 is 2. The molecule has 428 valence electrons. The largest absolute Gasteiger partial charge is 0.468 e. The minimum absolute atomic E-state index is 0. The number of rotatable bonds is 19. The third kappa shape index (κ3) is 17.9. The highest BCUT2D eigenvalue weighted by Gasteiger charge is 2.38. The number of alkyl halides is 1. The summed E-state index contributed by atoms with van der Waals surface area (Å²) in [5, 5.41) is 3.33.